The number of fused-ring (bicyclic) bond motifs is 1. The summed E-state index contributed by atoms with van der Waals surface area (Å²) in [6, 6.07) is 0.104. The zero-order chi connectivity index (χ0) is 13.5. The first-order chi connectivity index (χ1) is 8.28. The summed E-state index contributed by atoms with van der Waals surface area (Å²) in [6.07, 6.45) is 2.31. The molecule has 5 heteroatoms. The fourth-order valence-corrected chi connectivity index (χ4v) is 2.43. The lowest BCUT2D eigenvalue weighted by molar-refractivity contribution is 0.0689. The van der Waals surface area contributed by atoms with Crippen molar-refractivity contribution in [2.24, 2.45) is 11.1 Å². The highest BCUT2D eigenvalue weighted by atomic mass is 16.4. The lowest BCUT2D eigenvalue weighted by Gasteiger charge is -2.25. The molecule has 0 saturated heterocycles. The maximum absolute atomic E-state index is 11.2. The number of nitrogens with two attached hydrogens (primary N) is 1. The summed E-state index contributed by atoms with van der Waals surface area (Å²) < 4.78 is 2.02. The number of imidazole rings is 1. The van der Waals surface area contributed by atoms with Crippen molar-refractivity contribution >= 4 is 5.97 Å². The molecule has 0 spiro atoms. The molecule has 0 radical (unpaired) electrons. The Hall–Kier alpha value is -1.36. The molecule has 0 amide bonds. The predicted molar refractivity (Wildman–Crippen MR) is 68.6 cm³/mol. The van der Waals surface area contributed by atoms with Crippen LogP contribution in [0.3, 0.4) is 0 Å². The molecule has 100 valence electrons. The summed E-state index contributed by atoms with van der Waals surface area (Å²) in [5, 5.41) is 9.21. The average molecular weight is 251 g/mol. The molecular formula is C13H21N3O2. The second-order valence-corrected chi connectivity index (χ2v) is 6.28. The smallest absolute Gasteiger partial charge is 0.356 e. The molecule has 2 heterocycles. The van der Waals surface area contributed by atoms with Gasteiger partial charge in [0.2, 0.25) is 0 Å². The Balaban J connectivity index is 2.44. The minimum absolute atomic E-state index is 0.0828. The molecule has 0 bridgehead atoms. The molecular weight excluding hydrogens is 230 g/mol. The van der Waals surface area contributed by atoms with Crippen LogP contribution in [0.25, 0.3) is 0 Å². The highest BCUT2D eigenvalue weighted by Gasteiger charge is 2.28. The maximum Gasteiger partial charge on any atom is 0.356 e. The van der Waals surface area contributed by atoms with Crippen molar-refractivity contribution in [2.75, 3.05) is 0 Å². The Morgan fingerprint density at radius 2 is 2.22 bits per heavy atom. The number of carboxylic acids is 1. The second-order valence-electron chi connectivity index (χ2n) is 6.28. The van der Waals surface area contributed by atoms with Crippen LogP contribution in [-0.2, 0) is 19.4 Å². The van der Waals surface area contributed by atoms with Gasteiger partial charge in [0, 0.05) is 19.0 Å². The molecule has 5 nitrogen and oxygen atoms in total. The molecule has 0 fully saturated rings. The van der Waals surface area contributed by atoms with Crippen molar-refractivity contribution in [2.45, 2.75) is 52.6 Å². The minimum atomic E-state index is -0.936. The molecule has 1 atom stereocenters. The number of carboxylic acid groups (broad SMARTS) is 1. The van der Waals surface area contributed by atoms with Crippen molar-refractivity contribution in [3.05, 3.63) is 17.2 Å². The van der Waals surface area contributed by atoms with Crippen molar-refractivity contribution in [3.63, 3.8) is 0 Å². The Bertz CT molecular complexity index is 471. The highest BCUT2D eigenvalue weighted by Crippen LogP contribution is 2.26. The van der Waals surface area contributed by atoms with E-state index < -0.39 is 5.97 Å². The molecule has 1 aromatic rings. The van der Waals surface area contributed by atoms with Crippen molar-refractivity contribution < 1.29 is 9.90 Å². The third-order valence-corrected chi connectivity index (χ3v) is 3.21. The van der Waals surface area contributed by atoms with Gasteiger partial charge < -0.3 is 15.4 Å². The zero-order valence-electron chi connectivity index (χ0n) is 11.2. The van der Waals surface area contributed by atoms with Crippen molar-refractivity contribution in [3.8, 4) is 0 Å². The largest absolute Gasteiger partial charge is 0.476 e. The number of carbonyl (C=O) groups is 1. The van der Waals surface area contributed by atoms with E-state index in [1.807, 2.05) is 4.57 Å². The molecule has 1 aliphatic heterocycles. The van der Waals surface area contributed by atoms with Gasteiger partial charge in [0.15, 0.2) is 5.69 Å². The van der Waals surface area contributed by atoms with Gasteiger partial charge in [-0.05, 0) is 18.3 Å². The van der Waals surface area contributed by atoms with E-state index in [1.54, 1.807) is 0 Å². The van der Waals surface area contributed by atoms with Gasteiger partial charge in [-0.2, -0.15) is 0 Å². The number of nitrogens with zero attached hydrogens (tertiary/aromatic N) is 2. The fourth-order valence-electron chi connectivity index (χ4n) is 2.43. The quantitative estimate of drug-likeness (QED) is 0.833. The van der Waals surface area contributed by atoms with Gasteiger partial charge in [0.1, 0.15) is 5.82 Å². The number of rotatable bonds is 2. The predicted octanol–water partition coefficient (Wildman–Crippen LogP) is 1.44. The molecule has 3 N–H and O–H groups in total. The van der Waals surface area contributed by atoms with Crippen LogP contribution >= 0.6 is 0 Å². The summed E-state index contributed by atoms with van der Waals surface area (Å²) >= 11 is 0. The van der Waals surface area contributed by atoms with Gasteiger partial charge in [-0.3, -0.25) is 0 Å². The van der Waals surface area contributed by atoms with Crippen LogP contribution in [0.1, 0.15) is 49.2 Å². The van der Waals surface area contributed by atoms with Crippen molar-refractivity contribution in [1.82, 2.24) is 9.55 Å². The van der Waals surface area contributed by atoms with E-state index >= 15 is 0 Å². The van der Waals surface area contributed by atoms with E-state index in [2.05, 4.69) is 25.8 Å². The lowest BCUT2D eigenvalue weighted by Crippen LogP contribution is -2.33. The normalized spacial score (nSPS) is 19.7. The topological polar surface area (TPSA) is 81.1 Å². The summed E-state index contributed by atoms with van der Waals surface area (Å²) in [5.41, 5.74) is 7.10. The van der Waals surface area contributed by atoms with Gasteiger partial charge in [-0.25, -0.2) is 9.78 Å². The number of aromatic nitrogens is 2. The van der Waals surface area contributed by atoms with Crippen LogP contribution in [0, 0.1) is 5.41 Å². The Morgan fingerprint density at radius 3 is 2.78 bits per heavy atom. The van der Waals surface area contributed by atoms with E-state index in [-0.39, 0.29) is 17.2 Å². The van der Waals surface area contributed by atoms with E-state index in [9.17, 15) is 9.90 Å². The number of hydrogen-bond donors (Lipinski definition) is 2. The highest BCUT2D eigenvalue weighted by molar-refractivity contribution is 5.87. The first-order valence-corrected chi connectivity index (χ1v) is 6.35. The number of hydrogen-bond acceptors (Lipinski definition) is 3. The van der Waals surface area contributed by atoms with Gasteiger partial charge in [-0.15, -0.1) is 0 Å². The van der Waals surface area contributed by atoms with Crippen LogP contribution in [0.2, 0.25) is 0 Å². The monoisotopic (exact) mass is 251 g/mol. The Kier molecular flexibility index (Phi) is 3.19. The summed E-state index contributed by atoms with van der Waals surface area (Å²) in [4.78, 5) is 15.5. The zero-order valence-corrected chi connectivity index (χ0v) is 11.2. The fraction of sp³-hybridized carbons (Fsp3) is 0.692. The molecule has 0 aromatic carbocycles. The standard InChI is InChI=1S/C13H21N3O2/c1-13(2,3)6-10-15-11(12(17)18)9-5-4-8(14)7-16(9)10/h8H,4-7,14H2,1-3H3,(H,17,18). The van der Waals surface area contributed by atoms with E-state index in [4.69, 9.17) is 5.73 Å². The Morgan fingerprint density at radius 1 is 1.56 bits per heavy atom. The molecule has 0 aliphatic carbocycles. The third kappa shape index (κ3) is 2.56. The lowest BCUT2D eigenvalue weighted by atomic mass is 9.92. The van der Waals surface area contributed by atoms with E-state index in [1.165, 1.54) is 0 Å². The van der Waals surface area contributed by atoms with Crippen molar-refractivity contribution in [1.29, 1.82) is 0 Å². The summed E-state index contributed by atoms with van der Waals surface area (Å²) in [6.45, 7) is 7.05. The van der Waals surface area contributed by atoms with Crippen LogP contribution < -0.4 is 5.73 Å². The first-order valence-electron chi connectivity index (χ1n) is 6.35. The second kappa shape index (κ2) is 4.39. The van der Waals surface area contributed by atoms with E-state index in [0.29, 0.717) is 13.0 Å². The third-order valence-electron chi connectivity index (χ3n) is 3.21. The number of aromatic carboxylic acids is 1. The average Bonchev–Trinajstić information content (AvgIpc) is 2.54. The van der Waals surface area contributed by atoms with Crippen LogP contribution in [-0.4, -0.2) is 26.7 Å². The van der Waals surface area contributed by atoms with Gasteiger partial charge in [-0.1, -0.05) is 20.8 Å². The van der Waals surface area contributed by atoms with Crippen LogP contribution in [0.5, 0.6) is 0 Å². The molecule has 1 aromatic heterocycles. The maximum atomic E-state index is 11.2. The summed E-state index contributed by atoms with van der Waals surface area (Å²) in [5.74, 6) is -0.0839. The van der Waals surface area contributed by atoms with Crippen LogP contribution in [0.15, 0.2) is 0 Å². The molecule has 1 unspecified atom stereocenters. The van der Waals surface area contributed by atoms with Gasteiger partial charge >= 0.3 is 5.97 Å². The SMILES string of the molecule is CC(C)(C)Cc1nc(C(=O)O)c2n1CC(N)CC2. The Labute approximate surface area is 107 Å². The van der Waals surface area contributed by atoms with Crippen LogP contribution in [0.4, 0.5) is 0 Å². The van der Waals surface area contributed by atoms with E-state index in [0.717, 1.165) is 24.4 Å². The van der Waals surface area contributed by atoms with Gasteiger partial charge in [0.05, 0.1) is 5.69 Å². The molecule has 2 rings (SSSR count). The molecule has 0 saturated carbocycles. The molecule has 1 aliphatic rings. The molecule has 18 heavy (non-hydrogen) atoms. The summed E-state index contributed by atoms with van der Waals surface area (Å²) in [7, 11) is 0. The first kappa shape index (κ1) is 13.1. The minimum Gasteiger partial charge on any atom is -0.476 e. The van der Waals surface area contributed by atoms with Gasteiger partial charge in [0.25, 0.3) is 0 Å².